The van der Waals surface area contributed by atoms with E-state index < -0.39 is 0 Å². The summed E-state index contributed by atoms with van der Waals surface area (Å²) >= 11 is 0. The van der Waals surface area contributed by atoms with E-state index in [9.17, 15) is 9.90 Å². The summed E-state index contributed by atoms with van der Waals surface area (Å²) in [5.74, 6) is 0.763. The van der Waals surface area contributed by atoms with Crippen LogP contribution in [-0.2, 0) is 6.54 Å². The fourth-order valence-corrected chi connectivity index (χ4v) is 4.06. The lowest BCUT2D eigenvalue weighted by atomic mass is 9.96. The number of piperazine rings is 1. The summed E-state index contributed by atoms with van der Waals surface area (Å²) in [7, 11) is 2.11. The van der Waals surface area contributed by atoms with Crippen molar-refractivity contribution in [1.29, 1.82) is 0 Å². The lowest BCUT2D eigenvalue weighted by Crippen LogP contribution is -2.47. The van der Waals surface area contributed by atoms with Crippen molar-refractivity contribution in [3.8, 4) is 5.75 Å². The molecular formula is C23H27N3O3. The number of likely N-dealkylation sites (N-methyl/N-ethyl adjacent to an activating group) is 1. The van der Waals surface area contributed by atoms with Gasteiger partial charge in [0.1, 0.15) is 11.5 Å². The average Bonchev–Trinajstić information content (AvgIpc) is 3.23. The van der Waals surface area contributed by atoms with Gasteiger partial charge >= 0.3 is 0 Å². The van der Waals surface area contributed by atoms with Crippen molar-refractivity contribution in [2.45, 2.75) is 19.5 Å². The second-order valence-electron chi connectivity index (χ2n) is 7.71. The van der Waals surface area contributed by atoms with Crippen LogP contribution in [0.2, 0.25) is 0 Å². The molecule has 0 bridgehead atoms. The molecule has 1 N–H and O–H groups in total. The Morgan fingerprint density at radius 2 is 1.79 bits per heavy atom. The zero-order valence-electron chi connectivity index (χ0n) is 16.9. The van der Waals surface area contributed by atoms with E-state index in [-0.39, 0.29) is 17.4 Å². The number of hydrogen-bond acceptors (Lipinski definition) is 5. The number of aryl methyl sites for hydroxylation is 1. The third-order valence-electron chi connectivity index (χ3n) is 5.71. The third kappa shape index (κ3) is 3.99. The summed E-state index contributed by atoms with van der Waals surface area (Å²) in [6.07, 6.45) is 1.61. The number of furan rings is 1. The van der Waals surface area contributed by atoms with Crippen molar-refractivity contribution in [1.82, 2.24) is 14.4 Å². The summed E-state index contributed by atoms with van der Waals surface area (Å²) in [5, 5.41) is 10.9. The molecule has 1 saturated heterocycles. The van der Waals surface area contributed by atoms with Crippen LogP contribution in [0.15, 0.2) is 64.0 Å². The summed E-state index contributed by atoms with van der Waals surface area (Å²) in [5.41, 5.74) is 1.97. The molecule has 3 heterocycles. The molecule has 1 aromatic carbocycles. The van der Waals surface area contributed by atoms with Crippen molar-refractivity contribution >= 4 is 0 Å². The van der Waals surface area contributed by atoms with E-state index in [2.05, 4.69) is 16.8 Å². The maximum atomic E-state index is 13.6. The Bertz CT molecular complexity index is 1000. The van der Waals surface area contributed by atoms with Crippen LogP contribution in [0, 0.1) is 6.92 Å². The standard InChI is InChI=1S/C23H27N3O3/c1-17-15-20(27)21(23(28)26(17)16-19-9-6-14-29-19)22(18-7-4-3-5-8-18)25-12-10-24(2)11-13-25/h3-9,14-15,22,27H,10-13,16H2,1-2H3. The molecule has 29 heavy (non-hydrogen) atoms. The van der Waals surface area contributed by atoms with Crippen molar-refractivity contribution in [2.75, 3.05) is 33.2 Å². The summed E-state index contributed by atoms with van der Waals surface area (Å²) in [6, 6.07) is 15.0. The first-order valence-corrected chi connectivity index (χ1v) is 9.98. The van der Waals surface area contributed by atoms with Crippen LogP contribution in [0.25, 0.3) is 0 Å². The Balaban J connectivity index is 1.82. The van der Waals surface area contributed by atoms with Crippen LogP contribution in [0.4, 0.5) is 0 Å². The van der Waals surface area contributed by atoms with Crippen molar-refractivity contribution in [3.05, 3.63) is 87.7 Å². The Hall–Kier alpha value is -2.83. The van der Waals surface area contributed by atoms with E-state index in [1.54, 1.807) is 16.9 Å². The first-order valence-electron chi connectivity index (χ1n) is 9.98. The van der Waals surface area contributed by atoms with Crippen molar-refractivity contribution < 1.29 is 9.52 Å². The highest BCUT2D eigenvalue weighted by Gasteiger charge is 2.30. The van der Waals surface area contributed by atoms with E-state index in [1.807, 2.05) is 49.4 Å². The van der Waals surface area contributed by atoms with Gasteiger partial charge in [0.2, 0.25) is 0 Å². The molecule has 1 unspecified atom stereocenters. The Morgan fingerprint density at radius 1 is 1.07 bits per heavy atom. The van der Waals surface area contributed by atoms with Gasteiger partial charge in [0.25, 0.3) is 5.56 Å². The minimum Gasteiger partial charge on any atom is -0.507 e. The van der Waals surface area contributed by atoms with Crippen LogP contribution < -0.4 is 5.56 Å². The first-order chi connectivity index (χ1) is 14.0. The number of rotatable bonds is 5. The maximum absolute atomic E-state index is 13.6. The minimum absolute atomic E-state index is 0.0518. The predicted octanol–water partition coefficient (Wildman–Crippen LogP) is 2.84. The molecular weight excluding hydrogens is 366 g/mol. The zero-order chi connectivity index (χ0) is 20.4. The van der Waals surface area contributed by atoms with E-state index >= 15 is 0 Å². The van der Waals surface area contributed by atoms with Gasteiger partial charge < -0.3 is 19.0 Å². The smallest absolute Gasteiger partial charge is 0.260 e. The number of hydrogen-bond donors (Lipinski definition) is 1. The van der Waals surface area contributed by atoms with Crippen LogP contribution in [0.3, 0.4) is 0 Å². The highest BCUT2D eigenvalue weighted by Crippen LogP contribution is 2.33. The SMILES string of the molecule is Cc1cc(O)c(C(c2ccccc2)N2CCN(C)CC2)c(=O)n1Cc1ccco1. The third-order valence-corrected chi connectivity index (χ3v) is 5.71. The van der Waals surface area contributed by atoms with Gasteiger partial charge in [-0.2, -0.15) is 0 Å². The minimum atomic E-state index is -0.291. The van der Waals surface area contributed by atoms with Gasteiger partial charge in [-0.25, -0.2) is 0 Å². The normalized spacial score (nSPS) is 16.8. The lowest BCUT2D eigenvalue weighted by molar-refractivity contribution is 0.125. The molecule has 0 spiro atoms. The predicted molar refractivity (Wildman–Crippen MR) is 112 cm³/mol. The molecule has 0 amide bonds. The molecule has 1 aliphatic heterocycles. The van der Waals surface area contributed by atoms with Gasteiger partial charge in [-0.15, -0.1) is 0 Å². The second-order valence-corrected chi connectivity index (χ2v) is 7.71. The number of benzene rings is 1. The molecule has 1 fully saturated rings. The van der Waals surface area contributed by atoms with Crippen molar-refractivity contribution in [2.24, 2.45) is 0 Å². The largest absolute Gasteiger partial charge is 0.507 e. The maximum Gasteiger partial charge on any atom is 0.260 e. The van der Waals surface area contributed by atoms with E-state index in [4.69, 9.17) is 4.42 Å². The van der Waals surface area contributed by atoms with E-state index in [0.29, 0.717) is 23.6 Å². The van der Waals surface area contributed by atoms with Crippen molar-refractivity contribution in [3.63, 3.8) is 0 Å². The molecule has 1 atom stereocenters. The Labute approximate surface area is 170 Å². The highest BCUT2D eigenvalue weighted by atomic mass is 16.3. The van der Waals surface area contributed by atoms with Gasteiger partial charge in [-0.3, -0.25) is 9.69 Å². The van der Waals surface area contributed by atoms with Gasteiger partial charge in [-0.05, 0) is 37.7 Å². The number of nitrogens with zero attached hydrogens (tertiary/aromatic N) is 3. The number of aromatic nitrogens is 1. The van der Waals surface area contributed by atoms with Crippen LogP contribution in [0.5, 0.6) is 5.75 Å². The fraction of sp³-hybridized carbons (Fsp3) is 0.348. The summed E-state index contributed by atoms with van der Waals surface area (Å²) in [4.78, 5) is 18.2. The quantitative estimate of drug-likeness (QED) is 0.722. The summed E-state index contributed by atoms with van der Waals surface area (Å²) in [6.45, 7) is 5.70. The van der Waals surface area contributed by atoms with E-state index in [1.165, 1.54) is 0 Å². The van der Waals surface area contributed by atoms with Gasteiger partial charge in [-0.1, -0.05) is 30.3 Å². The Morgan fingerprint density at radius 3 is 2.45 bits per heavy atom. The highest BCUT2D eigenvalue weighted by molar-refractivity contribution is 5.41. The molecule has 152 valence electrons. The molecule has 4 rings (SSSR count). The fourth-order valence-electron chi connectivity index (χ4n) is 4.06. The molecule has 0 radical (unpaired) electrons. The monoisotopic (exact) mass is 393 g/mol. The van der Waals surface area contributed by atoms with Crippen LogP contribution in [-0.4, -0.2) is 52.7 Å². The second kappa shape index (κ2) is 8.27. The number of aromatic hydroxyl groups is 1. The Kier molecular flexibility index (Phi) is 5.56. The van der Waals surface area contributed by atoms with Gasteiger partial charge in [0.15, 0.2) is 0 Å². The topological polar surface area (TPSA) is 61.9 Å². The molecule has 0 saturated carbocycles. The zero-order valence-corrected chi connectivity index (χ0v) is 16.9. The van der Waals surface area contributed by atoms with Gasteiger partial charge in [0, 0.05) is 31.9 Å². The van der Waals surface area contributed by atoms with Gasteiger partial charge in [0.05, 0.1) is 24.4 Å². The molecule has 6 heteroatoms. The van der Waals surface area contributed by atoms with Crippen LogP contribution >= 0.6 is 0 Å². The lowest BCUT2D eigenvalue weighted by Gasteiger charge is -2.38. The molecule has 2 aromatic heterocycles. The first kappa shape index (κ1) is 19.5. The molecule has 1 aliphatic rings. The summed E-state index contributed by atoms with van der Waals surface area (Å²) < 4.78 is 7.13. The molecule has 0 aliphatic carbocycles. The van der Waals surface area contributed by atoms with E-state index in [0.717, 1.165) is 31.7 Å². The molecule has 6 nitrogen and oxygen atoms in total. The van der Waals surface area contributed by atoms with Crippen LogP contribution in [0.1, 0.15) is 28.6 Å². The average molecular weight is 393 g/mol. The number of pyridine rings is 1. The molecule has 3 aromatic rings.